The Morgan fingerprint density at radius 2 is 1.38 bits per heavy atom. The minimum absolute atomic E-state index is 0.159. The summed E-state index contributed by atoms with van der Waals surface area (Å²) in [4.78, 5) is 0. The number of halogens is 3. The molecule has 0 aliphatic heterocycles. The van der Waals surface area contributed by atoms with Crippen LogP contribution in [0.5, 0.6) is 0 Å². The topological polar surface area (TPSA) is 30.9 Å². The van der Waals surface area contributed by atoms with Crippen molar-refractivity contribution in [3.63, 3.8) is 0 Å². The first-order chi connectivity index (χ1) is 10.0. The Balaban J connectivity index is 2.20. The van der Waals surface area contributed by atoms with Gasteiger partial charge in [0.1, 0.15) is 0 Å². The number of rotatable bonds is 3. The van der Waals surface area contributed by atoms with Crippen LogP contribution in [0.4, 0.5) is 13.2 Å². The van der Waals surface area contributed by atoms with Crippen molar-refractivity contribution >= 4 is 21.8 Å². The molecule has 0 saturated heterocycles. The molecular formula is C16H15F3N2. The minimum atomic E-state index is -4.29. The molecule has 110 valence electrons. The van der Waals surface area contributed by atoms with E-state index in [0.29, 0.717) is 0 Å². The van der Waals surface area contributed by atoms with Gasteiger partial charge in [-0.3, -0.25) is 0 Å². The number of hydrogen-bond acceptors (Lipinski definition) is 1. The first-order valence-electron chi connectivity index (χ1n) is 6.75. The number of alkyl halides is 3. The van der Waals surface area contributed by atoms with E-state index in [1.165, 1.54) is 0 Å². The highest BCUT2D eigenvalue weighted by molar-refractivity contribution is 6.07. The average molecular weight is 292 g/mol. The van der Waals surface area contributed by atoms with Gasteiger partial charge in [0.05, 0.1) is 5.92 Å². The predicted octanol–water partition coefficient (Wildman–Crippen LogP) is 3.93. The zero-order valence-electron chi connectivity index (χ0n) is 11.3. The molecule has 1 aromatic heterocycles. The number of nitrogens with two attached hydrogens (primary N) is 1. The van der Waals surface area contributed by atoms with Crippen LogP contribution in [-0.2, 0) is 6.54 Å². The quantitative estimate of drug-likeness (QED) is 0.779. The van der Waals surface area contributed by atoms with Crippen LogP contribution in [0, 0.1) is 5.92 Å². The van der Waals surface area contributed by atoms with Crippen molar-refractivity contribution in [2.45, 2.75) is 12.7 Å². The lowest BCUT2D eigenvalue weighted by Crippen LogP contribution is -2.33. The Morgan fingerprint density at radius 1 is 0.905 bits per heavy atom. The highest BCUT2D eigenvalue weighted by Crippen LogP contribution is 2.33. The van der Waals surface area contributed by atoms with Crippen molar-refractivity contribution in [3.8, 4) is 0 Å². The normalized spacial score (nSPS) is 13.9. The molecule has 0 bridgehead atoms. The maximum Gasteiger partial charge on any atom is 0.394 e. The number of benzene rings is 2. The Hall–Kier alpha value is -2.01. The van der Waals surface area contributed by atoms with E-state index >= 15 is 0 Å². The largest absolute Gasteiger partial charge is 0.394 e. The summed E-state index contributed by atoms with van der Waals surface area (Å²) in [5.74, 6) is -1.54. The molecule has 5 heteroatoms. The summed E-state index contributed by atoms with van der Waals surface area (Å²) in [5.41, 5.74) is 6.94. The summed E-state index contributed by atoms with van der Waals surface area (Å²) in [6.45, 7) is -0.571. The van der Waals surface area contributed by atoms with Crippen molar-refractivity contribution in [2.24, 2.45) is 11.7 Å². The zero-order chi connectivity index (χ0) is 15.0. The van der Waals surface area contributed by atoms with Gasteiger partial charge < -0.3 is 10.3 Å². The smallest absolute Gasteiger partial charge is 0.340 e. The number of fused-ring (bicyclic) bond motifs is 3. The summed E-state index contributed by atoms with van der Waals surface area (Å²) < 4.78 is 40.8. The van der Waals surface area contributed by atoms with E-state index in [0.717, 1.165) is 21.8 Å². The summed E-state index contributed by atoms with van der Waals surface area (Å²) >= 11 is 0. The van der Waals surface area contributed by atoms with Crippen molar-refractivity contribution in [2.75, 3.05) is 6.54 Å². The molecule has 0 spiro atoms. The molecule has 2 nitrogen and oxygen atoms in total. The van der Waals surface area contributed by atoms with Crippen LogP contribution in [0.15, 0.2) is 48.5 Å². The van der Waals surface area contributed by atoms with Gasteiger partial charge in [0.25, 0.3) is 0 Å². The fourth-order valence-electron chi connectivity index (χ4n) is 2.73. The van der Waals surface area contributed by atoms with Gasteiger partial charge in [-0.05, 0) is 12.1 Å². The molecule has 3 rings (SSSR count). The monoisotopic (exact) mass is 292 g/mol. The van der Waals surface area contributed by atoms with Crippen molar-refractivity contribution in [1.29, 1.82) is 0 Å². The van der Waals surface area contributed by atoms with Crippen molar-refractivity contribution < 1.29 is 13.2 Å². The fourth-order valence-corrected chi connectivity index (χ4v) is 2.73. The standard InChI is InChI=1S/C16H15F3N2/c17-16(18,19)11(9-20)10-21-14-7-3-1-5-12(14)13-6-2-4-8-15(13)21/h1-8,11H,9-10,20H2. The maximum atomic E-state index is 13.0. The molecule has 21 heavy (non-hydrogen) atoms. The van der Waals surface area contributed by atoms with Gasteiger partial charge in [-0.1, -0.05) is 36.4 Å². The number of para-hydroxylation sites is 2. The van der Waals surface area contributed by atoms with Crippen molar-refractivity contribution in [3.05, 3.63) is 48.5 Å². The molecule has 1 atom stereocenters. The van der Waals surface area contributed by atoms with E-state index < -0.39 is 18.6 Å². The van der Waals surface area contributed by atoms with Crippen LogP contribution in [0.25, 0.3) is 21.8 Å². The first kappa shape index (κ1) is 13.9. The molecular weight excluding hydrogens is 277 g/mol. The summed E-state index contributed by atoms with van der Waals surface area (Å²) in [6, 6.07) is 15.0. The third-order valence-electron chi connectivity index (χ3n) is 3.83. The van der Waals surface area contributed by atoms with E-state index in [1.807, 2.05) is 48.5 Å². The van der Waals surface area contributed by atoms with Gasteiger partial charge in [-0.25, -0.2) is 0 Å². The predicted molar refractivity (Wildman–Crippen MR) is 78.0 cm³/mol. The summed E-state index contributed by atoms with van der Waals surface area (Å²) in [6.07, 6.45) is -4.29. The van der Waals surface area contributed by atoms with Crippen LogP contribution in [0.1, 0.15) is 0 Å². The van der Waals surface area contributed by atoms with Crippen LogP contribution in [-0.4, -0.2) is 17.3 Å². The van der Waals surface area contributed by atoms with E-state index in [9.17, 15) is 13.2 Å². The van der Waals surface area contributed by atoms with Gasteiger partial charge in [0, 0.05) is 34.9 Å². The molecule has 0 aliphatic rings. The highest BCUT2D eigenvalue weighted by Gasteiger charge is 2.39. The Kier molecular flexibility index (Phi) is 3.37. The number of hydrogen-bond donors (Lipinski definition) is 1. The third-order valence-corrected chi connectivity index (χ3v) is 3.83. The Bertz CT molecular complexity index is 721. The highest BCUT2D eigenvalue weighted by atomic mass is 19.4. The van der Waals surface area contributed by atoms with E-state index in [4.69, 9.17) is 5.73 Å². The summed E-state index contributed by atoms with van der Waals surface area (Å²) in [7, 11) is 0. The zero-order valence-corrected chi connectivity index (χ0v) is 11.3. The lowest BCUT2D eigenvalue weighted by atomic mass is 10.1. The Morgan fingerprint density at radius 3 is 1.81 bits per heavy atom. The van der Waals surface area contributed by atoms with Crippen LogP contribution in [0.3, 0.4) is 0 Å². The molecule has 1 heterocycles. The molecule has 2 aromatic carbocycles. The molecule has 1 unspecified atom stereocenters. The van der Waals surface area contributed by atoms with Gasteiger partial charge in [0.15, 0.2) is 0 Å². The molecule has 0 fully saturated rings. The third kappa shape index (κ3) is 2.38. The second-order valence-corrected chi connectivity index (χ2v) is 5.12. The lowest BCUT2D eigenvalue weighted by Gasteiger charge is -2.20. The van der Waals surface area contributed by atoms with E-state index in [2.05, 4.69) is 0 Å². The molecule has 2 N–H and O–H groups in total. The second kappa shape index (κ2) is 5.07. The van der Waals surface area contributed by atoms with Crippen LogP contribution < -0.4 is 5.73 Å². The second-order valence-electron chi connectivity index (χ2n) is 5.12. The average Bonchev–Trinajstić information content (AvgIpc) is 2.78. The maximum absolute atomic E-state index is 13.0. The van der Waals surface area contributed by atoms with Gasteiger partial charge >= 0.3 is 6.18 Å². The molecule has 0 amide bonds. The van der Waals surface area contributed by atoms with Gasteiger partial charge in [-0.15, -0.1) is 0 Å². The summed E-state index contributed by atoms with van der Waals surface area (Å²) in [5, 5.41) is 1.93. The van der Waals surface area contributed by atoms with Gasteiger partial charge in [-0.2, -0.15) is 13.2 Å². The van der Waals surface area contributed by atoms with E-state index in [-0.39, 0.29) is 6.54 Å². The Labute approximate surface area is 120 Å². The molecule has 3 aromatic rings. The number of nitrogens with zero attached hydrogens (tertiary/aromatic N) is 1. The lowest BCUT2D eigenvalue weighted by molar-refractivity contribution is -0.174. The molecule has 0 radical (unpaired) electrons. The van der Waals surface area contributed by atoms with Crippen LogP contribution >= 0.6 is 0 Å². The number of aromatic nitrogens is 1. The van der Waals surface area contributed by atoms with E-state index in [1.54, 1.807) is 4.57 Å². The molecule has 0 saturated carbocycles. The SMILES string of the molecule is NCC(Cn1c2ccccc2c2ccccc21)C(F)(F)F. The first-order valence-corrected chi connectivity index (χ1v) is 6.75. The van der Waals surface area contributed by atoms with Gasteiger partial charge in [0.2, 0.25) is 0 Å². The molecule has 0 aliphatic carbocycles. The minimum Gasteiger partial charge on any atom is -0.340 e. The van der Waals surface area contributed by atoms with Crippen molar-refractivity contribution in [1.82, 2.24) is 4.57 Å². The fraction of sp³-hybridized carbons (Fsp3) is 0.250. The van der Waals surface area contributed by atoms with Crippen LogP contribution in [0.2, 0.25) is 0 Å².